The van der Waals surface area contributed by atoms with Crippen LogP contribution in [-0.2, 0) is 7.05 Å². The highest BCUT2D eigenvalue weighted by atomic mass is 19.1. The average molecular weight is 412 g/mol. The smallest absolute Gasteiger partial charge is 0.271 e. The second kappa shape index (κ2) is 8.31. The highest BCUT2D eigenvalue weighted by Crippen LogP contribution is 2.32. The van der Waals surface area contributed by atoms with Crippen LogP contribution in [0.25, 0.3) is 0 Å². The fourth-order valence-electron chi connectivity index (χ4n) is 3.36. The molecule has 1 aromatic carbocycles. The Morgan fingerprint density at radius 3 is 2.67 bits per heavy atom. The third kappa shape index (κ3) is 4.29. The first-order valence-electron chi connectivity index (χ1n) is 9.58. The molecule has 3 aromatic rings. The monoisotopic (exact) mass is 412 g/mol. The first-order chi connectivity index (χ1) is 14.5. The van der Waals surface area contributed by atoms with Crippen molar-refractivity contribution < 1.29 is 9.31 Å². The second-order valence-corrected chi connectivity index (χ2v) is 7.05. The number of piperidine rings is 1. The molecule has 0 saturated carbocycles. The summed E-state index contributed by atoms with van der Waals surface area (Å²) in [6, 6.07) is 3.35. The zero-order valence-corrected chi connectivity index (χ0v) is 16.4. The number of hydrogen-bond acceptors (Lipinski definition) is 8. The van der Waals surface area contributed by atoms with E-state index in [2.05, 4.69) is 30.6 Å². The molecule has 11 heteroatoms. The molecule has 0 unspecified atom stereocenters. The number of aryl methyl sites for hydroxylation is 1. The van der Waals surface area contributed by atoms with Crippen molar-refractivity contribution in [3.05, 3.63) is 52.7 Å². The number of non-ortho nitro benzene ring substituents is 1. The Hall–Kier alpha value is -3.76. The molecule has 3 heterocycles. The van der Waals surface area contributed by atoms with Gasteiger partial charge in [0.2, 0.25) is 5.95 Å². The summed E-state index contributed by atoms with van der Waals surface area (Å²) in [6.45, 7) is 1.68. The Kier molecular flexibility index (Phi) is 5.42. The van der Waals surface area contributed by atoms with Gasteiger partial charge in [0.05, 0.1) is 34.4 Å². The van der Waals surface area contributed by atoms with Crippen molar-refractivity contribution in [2.75, 3.05) is 28.6 Å². The van der Waals surface area contributed by atoms with Gasteiger partial charge in [0.15, 0.2) is 5.82 Å². The lowest BCUT2D eigenvalue weighted by Crippen LogP contribution is -2.30. The van der Waals surface area contributed by atoms with Gasteiger partial charge in [-0.3, -0.25) is 14.8 Å². The minimum Gasteiger partial charge on any atom is -0.367 e. The highest BCUT2D eigenvalue weighted by Gasteiger charge is 2.19. The SMILES string of the molecule is Cn1cc(Nc2ncc(N3CCCCC3)c(Nc3cc([N+](=O)[O-])ccc3F)n2)cn1. The topological polar surface area (TPSA) is 114 Å². The Labute approximate surface area is 171 Å². The fraction of sp³-hybridized carbons (Fsp3) is 0.316. The summed E-state index contributed by atoms with van der Waals surface area (Å²) in [7, 11) is 1.80. The molecule has 1 saturated heterocycles. The molecule has 0 radical (unpaired) electrons. The molecule has 0 spiro atoms. The van der Waals surface area contributed by atoms with E-state index in [9.17, 15) is 14.5 Å². The number of nitro benzene ring substituents is 1. The predicted molar refractivity (Wildman–Crippen MR) is 111 cm³/mol. The van der Waals surface area contributed by atoms with Gasteiger partial charge in [0.25, 0.3) is 5.69 Å². The van der Waals surface area contributed by atoms with Crippen molar-refractivity contribution in [2.24, 2.45) is 7.05 Å². The maximum Gasteiger partial charge on any atom is 0.271 e. The van der Waals surface area contributed by atoms with Crippen LogP contribution in [-0.4, -0.2) is 37.8 Å². The molecular formula is C19H21FN8O2. The minimum absolute atomic E-state index is 0.0199. The normalized spacial score (nSPS) is 13.9. The van der Waals surface area contributed by atoms with Gasteiger partial charge in [-0.25, -0.2) is 9.37 Å². The quantitative estimate of drug-likeness (QED) is 0.465. The van der Waals surface area contributed by atoms with Gasteiger partial charge in [0.1, 0.15) is 5.82 Å². The van der Waals surface area contributed by atoms with Crippen LogP contribution >= 0.6 is 0 Å². The van der Waals surface area contributed by atoms with E-state index in [1.165, 1.54) is 0 Å². The molecular weight excluding hydrogens is 391 g/mol. The van der Waals surface area contributed by atoms with Gasteiger partial charge in [-0.15, -0.1) is 0 Å². The number of hydrogen-bond donors (Lipinski definition) is 2. The molecule has 30 heavy (non-hydrogen) atoms. The van der Waals surface area contributed by atoms with E-state index >= 15 is 0 Å². The van der Waals surface area contributed by atoms with Crippen LogP contribution in [0.15, 0.2) is 36.8 Å². The van der Waals surface area contributed by atoms with E-state index in [0.29, 0.717) is 17.5 Å². The lowest BCUT2D eigenvalue weighted by molar-refractivity contribution is -0.384. The van der Waals surface area contributed by atoms with E-state index in [0.717, 1.165) is 56.2 Å². The molecule has 0 atom stereocenters. The van der Waals surface area contributed by atoms with Crippen LogP contribution in [0.1, 0.15) is 19.3 Å². The molecule has 0 bridgehead atoms. The number of nitrogens with zero attached hydrogens (tertiary/aromatic N) is 6. The Morgan fingerprint density at radius 2 is 1.97 bits per heavy atom. The molecule has 10 nitrogen and oxygen atoms in total. The largest absolute Gasteiger partial charge is 0.367 e. The molecule has 2 aromatic heterocycles. The van der Waals surface area contributed by atoms with Gasteiger partial charge >= 0.3 is 0 Å². The van der Waals surface area contributed by atoms with Crippen LogP contribution in [0, 0.1) is 15.9 Å². The van der Waals surface area contributed by atoms with Gasteiger partial charge in [0, 0.05) is 38.5 Å². The maximum absolute atomic E-state index is 14.4. The summed E-state index contributed by atoms with van der Waals surface area (Å²) in [6.07, 6.45) is 8.32. The van der Waals surface area contributed by atoms with Crippen LogP contribution in [0.2, 0.25) is 0 Å². The average Bonchev–Trinajstić information content (AvgIpc) is 3.15. The number of rotatable bonds is 6. The zero-order valence-electron chi connectivity index (χ0n) is 16.4. The number of nitro groups is 1. The van der Waals surface area contributed by atoms with E-state index in [-0.39, 0.29) is 11.4 Å². The minimum atomic E-state index is -0.606. The summed E-state index contributed by atoms with van der Waals surface area (Å²) in [5, 5.41) is 21.2. The third-order valence-corrected chi connectivity index (χ3v) is 4.84. The summed E-state index contributed by atoms with van der Waals surface area (Å²) < 4.78 is 16.0. The van der Waals surface area contributed by atoms with E-state index in [1.807, 2.05) is 0 Å². The molecule has 0 amide bonds. The number of anilines is 5. The van der Waals surface area contributed by atoms with Crippen molar-refractivity contribution in [3.63, 3.8) is 0 Å². The van der Waals surface area contributed by atoms with E-state index in [4.69, 9.17) is 0 Å². The van der Waals surface area contributed by atoms with Crippen molar-refractivity contribution in [3.8, 4) is 0 Å². The molecule has 1 aliphatic rings. The number of benzene rings is 1. The zero-order chi connectivity index (χ0) is 21.1. The molecule has 1 fully saturated rings. The van der Waals surface area contributed by atoms with Crippen LogP contribution in [0.3, 0.4) is 0 Å². The molecule has 1 aliphatic heterocycles. The Bertz CT molecular complexity index is 1060. The number of aromatic nitrogens is 4. The van der Waals surface area contributed by atoms with Crippen molar-refractivity contribution in [2.45, 2.75) is 19.3 Å². The van der Waals surface area contributed by atoms with Crippen LogP contribution < -0.4 is 15.5 Å². The Morgan fingerprint density at radius 1 is 1.17 bits per heavy atom. The van der Waals surface area contributed by atoms with E-state index < -0.39 is 10.7 Å². The second-order valence-electron chi connectivity index (χ2n) is 7.05. The van der Waals surface area contributed by atoms with Gasteiger partial charge in [-0.2, -0.15) is 10.1 Å². The fourth-order valence-corrected chi connectivity index (χ4v) is 3.36. The van der Waals surface area contributed by atoms with Crippen molar-refractivity contribution in [1.82, 2.24) is 19.7 Å². The molecule has 156 valence electrons. The van der Waals surface area contributed by atoms with Crippen LogP contribution in [0.5, 0.6) is 0 Å². The molecule has 0 aliphatic carbocycles. The van der Waals surface area contributed by atoms with Crippen molar-refractivity contribution in [1.29, 1.82) is 0 Å². The number of halogens is 1. The first kappa shape index (κ1) is 19.6. The standard InChI is InChI=1S/C19H21FN8O2/c1-26-12-13(10-22-26)23-19-21-11-17(27-7-3-2-4-8-27)18(25-19)24-16-9-14(28(29)30)5-6-15(16)20/h5-6,9-12H,2-4,7-8H2,1H3,(H2,21,23,24,25). The maximum atomic E-state index is 14.4. The predicted octanol–water partition coefficient (Wildman–Crippen LogP) is 3.73. The Balaban J connectivity index is 1.69. The lowest BCUT2D eigenvalue weighted by atomic mass is 10.1. The summed E-state index contributed by atoms with van der Waals surface area (Å²) in [5.41, 5.74) is 1.20. The third-order valence-electron chi connectivity index (χ3n) is 4.84. The van der Waals surface area contributed by atoms with E-state index in [1.54, 1.807) is 30.3 Å². The molecule has 4 rings (SSSR count). The highest BCUT2D eigenvalue weighted by molar-refractivity contribution is 5.74. The van der Waals surface area contributed by atoms with Gasteiger partial charge < -0.3 is 15.5 Å². The van der Waals surface area contributed by atoms with Crippen molar-refractivity contribution >= 4 is 34.5 Å². The van der Waals surface area contributed by atoms with Gasteiger partial charge in [-0.1, -0.05) is 0 Å². The summed E-state index contributed by atoms with van der Waals surface area (Å²) >= 11 is 0. The lowest BCUT2D eigenvalue weighted by Gasteiger charge is -2.30. The summed E-state index contributed by atoms with van der Waals surface area (Å²) in [5.74, 6) is 0.0698. The summed E-state index contributed by atoms with van der Waals surface area (Å²) in [4.78, 5) is 21.6. The van der Waals surface area contributed by atoms with Gasteiger partial charge in [-0.05, 0) is 25.3 Å². The number of nitrogens with one attached hydrogen (secondary N) is 2. The first-order valence-corrected chi connectivity index (χ1v) is 9.58. The molecule has 2 N–H and O–H groups in total. The van der Waals surface area contributed by atoms with Crippen LogP contribution in [0.4, 0.5) is 38.9 Å².